The molecule has 22 heavy (non-hydrogen) atoms. The van der Waals surface area contributed by atoms with Crippen LogP contribution in [0.2, 0.25) is 0 Å². The molecule has 1 unspecified atom stereocenters. The first-order valence-electron chi connectivity index (χ1n) is 7.41. The Kier molecular flexibility index (Phi) is 5.32. The highest BCUT2D eigenvalue weighted by Crippen LogP contribution is 2.04. The van der Waals surface area contributed by atoms with Crippen LogP contribution >= 0.6 is 0 Å². The second-order valence-corrected chi connectivity index (χ2v) is 5.17. The molecule has 7 heteroatoms. The van der Waals surface area contributed by atoms with Gasteiger partial charge >= 0.3 is 5.69 Å². The Labute approximate surface area is 129 Å². The van der Waals surface area contributed by atoms with Crippen LogP contribution in [0.3, 0.4) is 0 Å². The van der Waals surface area contributed by atoms with Crippen molar-refractivity contribution < 1.29 is 9.53 Å². The van der Waals surface area contributed by atoms with Crippen molar-refractivity contribution in [2.45, 2.75) is 32.9 Å². The fraction of sp³-hybridized carbons (Fsp3) is 0.533. The molecule has 0 aliphatic rings. The number of likely N-dealkylation sites (N-methyl/N-ethyl adjacent to an activating group) is 1. The molecule has 0 fully saturated rings. The molecule has 1 amide bonds. The molecule has 7 nitrogen and oxygen atoms in total. The smallest absolute Gasteiger partial charge is 0.350 e. The molecule has 0 aliphatic carbocycles. The highest BCUT2D eigenvalue weighted by atomic mass is 16.5. The number of rotatable bonds is 7. The molecule has 2 aromatic heterocycles. The maximum atomic E-state index is 12.3. The van der Waals surface area contributed by atoms with Crippen LogP contribution < -0.4 is 5.69 Å². The molecule has 0 aliphatic heterocycles. The summed E-state index contributed by atoms with van der Waals surface area (Å²) in [5.41, 5.74) is 0.358. The second-order valence-electron chi connectivity index (χ2n) is 5.17. The monoisotopic (exact) mass is 306 g/mol. The van der Waals surface area contributed by atoms with Crippen molar-refractivity contribution in [3.8, 4) is 0 Å². The van der Waals surface area contributed by atoms with Crippen molar-refractivity contribution in [3.63, 3.8) is 0 Å². The minimum atomic E-state index is -0.226. The molecular formula is C15H22N4O3. The lowest BCUT2D eigenvalue weighted by Crippen LogP contribution is -2.41. The number of nitrogens with zero attached hydrogens (tertiary/aromatic N) is 4. The van der Waals surface area contributed by atoms with E-state index in [0.29, 0.717) is 18.8 Å². The predicted molar refractivity (Wildman–Crippen MR) is 82.8 cm³/mol. The molecule has 2 heterocycles. The summed E-state index contributed by atoms with van der Waals surface area (Å²) in [6.45, 7) is 5.26. The second kappa shape index (κ2) is 7.22. The molecule has 0 saturated heterocycles. The van der Waals surface area contributed by atoms with E-state index in [1.54, 1.807) is 30.3 Å². The van der Waals surface area contributed by atoms with Gasteiger partial charge in [0.2, 0.25) is 5.91 Å². The molecule has 0 spiro atoms. The van der Waals surface area contributed by atoms with E-state index in [1.807, 2.05) is 19.9 Å². The lowest BCUT2D eigenvalue weighted by Gasteiger charge is -2.27. The van der Waals surface area contributed by atoms with Gasteiger partial charge in [-0.3, -0.25) is 9.20 Å². The van der Waals surface area contributed by atoms with E-state index in [2.05, 4.69) is 5.10 Å². The molecule has 120 valence electrons. The van der Waals surface area contributed by atoms with Gasteiger partial charge in [0.05, 0.1) is 19.2 Å². The summed E-state index contributed by atoms with van der Waals surface area (Å²) in [5.74, 6) is -0.00370. The molecule has 2 aromatic rings. The summed E-state index contributed by atoms with van der Waals surface area (Å²) in [7, 11) is 1.62. The van der Waals surface area contributed by atoms with Gasteiger partial charge in [0, 0.05) is 26.3 Å². The molecular weight excluding hydrogens is 284 g/mol. The normalized spacial score (nSPS) is 12.5. The number of amides is 1. The molecule has 0 saturated carbocycles. The first kappa shape index (κ1) is 16.2. The Hall–Kier alpha value is -2.15. The highest BCUT2D eigenvalue weighted by Gasteiger charge is 2.18. The van der Waals surface area contributed by atoms with E-state index in [-0.39, 0.29) is 30.6 Å². The molecule has 2 rings (SSSR count). The zero-order valence-electron chi connectivity index (χ0n) is 13.2. The largest absolute Gasteiger partial charge is 0.383 e. The van der Waals surface area contributed by atoms with Crippen molar-refractivity contribution in [1.29, 1.82) is 0 Å². The number of hydrogen-bond acceptors (Lipinski definition) is 4. The van der Waals surface area contributed by atoms with Crippen molar-refractivity contribution >= 4 is 11.6 Å². The Bertz CT molecular complexity index is 691. The zero-order chi connectivity index (χ0) is 16.1. The van der Waals surface area contributed by atoms with Gasteiger partial charge in [0.25, 0.3) is 0 Å². The topological polar surface area (TPSA) is 68.8 Å². The van der Waals surface area contributed by atoms with E-state index in [0.717, 1.165) is 0 Å². The minimum Gasteiger partial charge on any atom is -0.383 e. The average molecular weight is 306 g/mol. The van der Waals surface area contributed by atoms with E-state index >= 15 is 0 Å². The quantitative estimate of drug-likeness (QED) is 0.757. The number of fused-ring (bicyclic) bond motifs is 1. The summed E-state index contributed by atoms with van der Waals surface area (Å²) in [6, 6.07) is 5.37. The first-order chi connectivity index (χ1) is 10.6. The number of carbonyl (C=O) groups excluding carboxylic acids is 1. The lowest BCUT2D eigenvalue weighted by molar-refractivity contribution is -0.134. The summed E-state index contributed by atoms with van der Waals surface area (Å²) in [4.78, 5) is 26.2. The molecule has 0 N–H and O–H groups in total. The van der Waals surface area contributed by atoms with Gasteiger partial charge in [0.15, 0.2) is 5.65 Å². The highest BCUT2D eigenvalue weighted by molar-refractivity contribution is 5.76. The molecule has 0 radical (unpaired) electrons. The molecule has 0 aromatic carbocycles. The summed E-state index contributed by atoms with van der Waals surface area (Å²) < 4.78 is 7.90. The van der Waals surface area contributed by atoms with Crippen LogP contribution in [0.25, 0.3) is 5.65 Å². The van der Waals surface area contributed by atoms with Crippen LogP contribution in [0, 0.1) is 0 Å². The van der Waals surface area contributed by atoms with Gasteiger partial charge in [-0.1, -0.05) is 6.07 Å². The third-order valence-electron chi connectivity index (χ3n) is 3.63. The van der Waals surface area contributed by atoms with Crippen LogP contribution in [0.15, 0.2) is 29.2 Å². The van der Waals surface area contributed by atoms with E-state index in [4.69, 9.17) is 4.74 Å². The number of pyridine rings is 1. The first-order valence-corrected chi connectivity index (χ1v) is 7.41. The van der Waals surface area contributed by atoms with E-state index in [9.17, 15) is 9.59 Å². The van der Waals surface area contributed by atoms with Crippen LogP contribution in [0.5, 0.6) is 0 Å². The number of carbonyl (C=O) groups is 1. The standard InChI is InChI=1S/C15H22N4O3/c1-4-17(12(2)11-22-3)14(20)8-10-19-15(21)18-9-6-5-7-13(18)16-19/h5-7,9,12H,4,8,10-11H2,1-3H3. The Morgan fingerprint density at radius 1 is 1.45 bits per heavy atom. The van der Waals surface area contributed by atoms with Gasteiger partial charge in [-0.05, 0) is 26.0 Å². The number of methoxy groups -OCH3 is 1. The number of hydrogen-bond donors (Lipinski definition) is 0. The summed E-state index contributed by atoms with van der Waals surface area (Å²) in [6.07, 6.45) is 1.91. The van der Waals surface area contributed by atoms with Crippen LogP contribution in [-0.2, 0) is 16.1 Å². The average Bonchev–Trinajstić information content (AvgIpc) is 2.83. The summed E-state index contributed by atoms with van der Waals surface area (Å²) in [5, 5.41) is 4.22. The van der Waals surface area contributed by atoms with E-state index in [1.165, 1.54) is 9.08 Å². The lowest BCUT2D eigenvalue weighted by atomic mass is 10.2. The number of aryl methyl sites for hydroxylation is 1. The van der Waals surface area contributed by atoms with Gasteiger partial charge in [0.1, 0.15) is 0 Å². The van der Waals surface area contributed by atoms with Crippen molar-refractivity contribution in [2.75, 3.05) is 20.3 Å². The van der Waals surface area contributed by atoms with Gasteiger partial charge < -0.3 is 9.64 Å². The molecule has 0 bridgehead atoms. The third kappa shape index (κ3) is 3.36. The zero-order valence-corrected chi connectivity index (χ0v) is 13.2. The van der Waals surface area contributed by atoms with E-state index < -0.39 is 0 Å². The van der Waals surface area contributed by atoms with Crippen molar-refractivity contribution in [3.05, 3.63) is 34.9 Å². The number of ether oxygens (including phenoxy) is 1. The van der Waals surface area contributed by atoms with Crippen molar-refractivity contribution in [2.24, 2.45) is 0 Å². The fourth-order valence-corrected chi connectivity index (χ4v) is 2.52. The van der Waals surface area contributed by atoms with Crippen LogP contribution in [0.1, 0.15) is 20.3 Å². The summed E-state index contributed by atoms with van der Waals surface area (Å²) >= 11 is 0. The van der Waals surface area contributed by atoms with Crippen LogP contribution in [-0.4, -0.2) is 51.3 Å². The van der Waals surface area contributed by atoms with Gasteiger partial charge in [-0.15, -0.1) is 5.10 Å². The predicted octanol–water partition coefficient (Wildman–Crippen LogP) is 0.769. The maximum Gasteiger partial charge on any atom is 0.350 e. The number of aromatic nitrogens is 3. The SMILES string of the molecule is CCN(C(=O)CCn1nc2ccccn2c1=O)C(C)COC. The van der Waals surface area contributed by atoms with Gasteiger partial charge in [-0.25, -0.2) is 9.48 Å². The third-order valence-corrected chi connectivity index (χ3v) is 3.63. The Morgan fingerprint density at radius 2 is 2.23 bits per heavy atom. The Morgan fingerprint density at radius 3 is 2.86 bits per heavy atom. The Balaban J connectivity index is 2.06. The molecule has 1 atom stereocenters. The van der Waals surface area contributed by atoms with Crippen molar-refractivity contribution in [1.82, 2.24) is 19.1 Å². The fourth-order valence-electron chi connectivity index (χ4n) is 2.52. The van der Waals surface area contributed by atoms with Gasteiger partial charge in [-0.2, -0.15) is 0 Å². The maximum absolute atomic E-state index is 12.3. The minimum absolute atomic E-state index is 0.00370. The van der Waals surface area contributed by atoms with Crippen LogP contribution in [0.4, 0.5) is 0 Å².